The second kappa shape index (κ2) is 11.8. The van der Waals surface area contributed by atoms with Gasteiger partial charge in [0.25, 0.3) is 0 Å². The molecule has 1 nitrogen and oxygen atoms in total. The summed E-state index contributed by atoms with van der Waals surface area (Å²) >= 11 is 0. The third-order valence-corrected chi connectivity index (χ3v) is 4.88. The maximum atomic E-state index is 10.6. The molecule has 0 amide bonds. The summed E-state index contributed by atoms with van der Waals surface area (Å²) in [5.74, 6) is 0.502. The molecule has 0 rings (SSSR count). The van der Waals surface area contributed by atoms with E-state index in [2.05, 4.69) is 27.7 Å². The van der Waals surface area contributed by atoms with E-state index >= 15 is 0 Å². The largest absolute Gasteiger partial charge is 0.390 e. The minimum atomic E-state index is -0.407. The van der Waals surface area contributed by atoms with Crippen LogP contribution in [0.25, 0.3) is 0 Å². The van der Waals surface area contributed by atoms with Gasteiger partial charge in [-0.25, -0.2) is 0 Å². The van der Waals surface area contributed by atoms with Gasteiger partial charge in [0.1, 0.15) is 0 Å². The zero-order chi connectivity index (χ0) is 14.6. The molecule has 0 heterocycles. The van der Waals surface area contributed by atoms with Crippen molar-refractivity contribution in [2.24, 2.45) is 5.92 Å². The first-order valence-electron chi connectivity index (χ1n) is 8.86. The van der Waals surface area contributed by atoms with E-state index in [4.69, 9.17) is 0 Å². The van der Waals surface area contributed by atoms with E-state index in [1.807, 2.05) is 0 Å². The topological polar surface area (TPSA) is 20.2 Å². The molecule has 0 radical (unpaired) electrons. The van der Waals surface area contributed by atoms with Crippen LogP contribution in [0.1, 0.15) is 105 Å². The van der Waals surface area contributed by atoms with E-state index in [0.29, 0.717) is 5.92 Å². The lowest BCUT2D eigenvalue weighted by Gasteiger charge is -2.34. The van der Waals surface area contributed by atoms with Crippen LogP contribution in [0.2, 0.25) is 0 Å². The van der Waals surface area contributed by atoms with Crippen LogP contribution in [0, 0.1) is 5.92 Å². The van der Waals surface area contributed by atoms with Crippen LogP contribution in [-0.2, 0) is 0 Å². The zero-order valence-corrected chi connectivity index (χ0v) is 14.0. The van der Waals surface area contributed by atoms with Crippen LogP contribution in [0.15, 0.2) is 0 Å². The van der Waals surface area contributed by atoms with Crippen LogP contribution in [0.3, 0.4) is 0 Å². The predicted molar refractivity (Wildman–Crippen MR) is 86.5 cm³/mol. The summed E-state index contributed by atoms with van der Waals surface area (Å²) in [5, 5.41) is 10.6. The average molecular weight is 271 g/mol. The van der Waals surface area contributed by atoms with Crippen molar-refractivity contribution in [3.05, 3.63) is 0 Å². The van der Waals surface area contributed by atoms with Crippen molar-refractivity contribution >= 4 is 0 Å². The molecule has 1 heteroatoms. The molecule has 19 heavy (non-hydrogen) atoms. The minimum Gasteiger partial charge on any atom is -0.390 e. The van der Waals surface area contributed by atoms with Crippen molar-refractivity contribution < 1.29 is 5.11 Å². The fourth-order valence-corrected chi connectivity index (χ4v) is 3.20. The Balaban J connectivity index is 3.67. The Morgan fingerprint density at radius 2 is 1.21 bits per heavy atom. The van der Waals surface area contributed by atoms with Crippen LogP contribution in [0.4, 0.5) is 0 Å². The van der Waals surface area contributed by atoms with Crippen molar-refractivity contribution in [3.8, 4) is 0 Å². The number of unbranched alkanes of at least 4 members (excludes halogenated alkanes) is 7. The molecule has 1 atom stereocenters. The molecule has 116 valence electrons. The van der Waals surface area contributed by atoms with E-state index < -0.39 is 5.60 Å². The lowest BCUT2D eigenvalue weighted by atomic mass is 9.78. The average Bonchev–Trinajstić information content (AvgIpc) is 2.45. The van der Waals surface area contributed by atoms with Gasteiger partial charge in [-0.05, 0) is 25.2 Å². The van der Waals surface area contributed by atoms with Gasteiger partial charge in [-0.15, -0.1) is 0 Å². The molecule has 0 aromatic rings. The van der Waals surface area contributed by atoms with Gasteiger partial charge < -0.3 is 5.11 Å². The summed E-state index contributed by atoms with van der Waals surface area (Å²) in [6, 6.07) is 0. The summed E-state index contributed by atoms with van der Waals surface area (Å²) in [6.07, 6.45) is 15.2. The highest BCUT2D eigenvalue weighted by molar-refractivity contribution is 4.83. The van der Waals surface area contributed by atoms with Crippen molar-refractivity contribution in [1.29, 1.82) is 0 Å². The van der Waals surface area contributed by atoms with Gasteiger partial charge >= 0.3 is 0 Å². The number of rotatable bonds is 13. The summed E-state index contributed by atoms with van der Waals surface area (Å²) in [6.45, 7) is 8.75. The molecule has 1 N–H and O–H groups in total. The predicted octanol–water partition coefficient (Wildman–Crippen LogP) is 6.09. The maximum Gasteiger partial charge on any atom is 0.0670 e. The van der Waals surface area contributed by atoms with E-state index in [-0.39, 0.29) is 0 Å². The standard InChI is InChI=1S/C18H38O/c1-5-9-10-11-12-13-14-15-16-17(6-2)18(19,7-3)8-4/h17,19H,5-16H2,1-4H3. The van der Waals surface area contributed by atoms with Crippen LogP contribution < -0.4 is 0 Å². The summed E-state index contributed by atoms with van der Waals surface area (Å²) in [7, 11) is 0. The number of hydrogen-bond donors (Lipinski definition) is 1. The first-order valence-corrected chi connectivity index (χ1v) is 8.86. The third kappa shape index (κ3) is 7.97. The highest BCUT2D eigenvalue weighted by Gasteiger charge is 2.31. The Morgan fingerprint density at radius 3 is 1.63 bits per heavy atom. The van der Waals surface area contributed by atoms with Crippen LogP contribution in [-0.4, -0.2) is 10.7 Å². The molecule has 0 bridgehead atoms. The number of hydrogen-bond acceptors (Lipinski definition) is 1. The normalized spacial score (nSPS) is 13.7. The lowest BCUT2D eigenvalue weighted by molar-refractivity contribution is -0.0315. The summed E-state index contributed by atoms with van der Waals surface area (Å²) < 4.78 is 0. The Labute approximate surface area is 122 Å². The van der Waals surface area contributed by atoms with Crippen molar-refractivity contribution in [1.82, 2.24) is 0 Å². The molecule has 0 fully saturated rings. The SMILES string of the molecule is CCCCCCCCCCC(CC)C(O)(CC)CC. The molecule has 0 aromatic carbocycles. The first-order chi connectivity index (χ1) is 9.14. The van der Waals surface area contributed by atoms with Gasteiger partial charge in [-0.1, -0.05) is 85.5 Å². The smallest absolute Gasteiger partial charge is 0.0670 e. The molecule has 0 aliphatic rings. The van der Waals surface area contributed by atoms with E-state index in [1.165, 1.54) is 57.8 Å². The second-order valence-corrected chi connectivity index (χ2v) is 6.18. The second-order valence-electron chi connectivity index (χ2n) is 6.18. The Hall–Kier alpha value is -0.0400. The molecule has 0 aromatic heterocycles. The van der Waals surface area contributed by atoms with Crippen LogP contribution >= 0.6 is 0 Å². The molecule has 1 unspecified atom stereocenters. The maximum absolute atomic E-state index is 10.6. The molecule has 0 spiro atoms. The highest BCUT2D eigenvalue weighted by Crippen LogP contribution is 2.32. The Kier molecular flexibility index (Phi) is 11.7. The molecule has 0 saturated carbocycles. The lowest BCUT2D eigenvalue weighted by Crippen LogP contribution is -2.36. The quantitative estimate of drug-likeness (QED) is 0.401. The van der Waals surface area contributed by atoms with Crippen molar-refractivity contribution in [2.75, 3.05) is 0 Å². The zero-order valence-electron chi connectivity index (χ0n) is 14.0. The molecule has 0 aliphatic heterocycles. The monoisotopic (exact) mass is 270 g/mol. The molecular formula is C18H38O. The van der Waals surface area contributed by atoms with Crippen molar-refractivity contribution in [3.63, 3.8) is 0 Å². The van der Waals surface area contributed by atoms with E-state index in [9.17, 15) is 5.11 Å². The van der Waals surface area contributed by atoms with Crippen LogP contribution in [0.5, 0.6) is 0 Å². The molecule has 0 aliphatic carbocycles. The van der Waals surface area contributed by atoms with Gasteiger partial charge in [0.2, 0.25) is 0 Å². The first kappa shape index (κ1) is 19.0. The fourth-order valence-electron chi connectivity index (χ4n) is 3.20. The van der Waals surface area contributed by atoms with Gasteiger partial charge in [0, 0.05) is 0 Å². The fraction of sp³-hybridized carbons (Fsp3) is 1.00. The Bertz CT molecular complexity index is 184. The highest BCUT2D eigenvalue weighted by atomic mass is 16.3. The third-order valence-electron chi connectivity index (χ3n) is 4.88. The number of aliphatic hydroxyl groups is 1. The Morgan fingerprint density at radius 1 is 0.737 bits per heavy atom. The minimum absolute atomic E-state index is 0.407. The van der Waals surface area contributed by atoms with E-state index in [1.54, 1.807) is 0 Å². The van der Waals surface area contributed by atoms with Gasteiger partial charge in [0.15, 0.2) is 0 Å². The van der Waals surface area contributed by atoms with Gasteiger partial charge in [0.05, 0.1) is 5.60 Å². The van der Waals surface area contributed by atoms with Gasteiger partial charge in [-0.2, -0.15) is 0 Å². The van der Waals surface area contributed by atoms with E-state index in [0.717, 1.165) is 19.3 Å². The molecule has 0 saturated heterocycles. The van der Waals surface area contributed by atoms with Crippen molar-refractivity contribution in [2.45, 2.75) is 110 Å². The molecular weight excluding hydrogens is 232 g/mol. The van der Waals surface area contributed by atoms with Gasteiger partial charge in [-0.3, -0.25) is 0 Å². The summed E-state index contributed by atoms with van der Waals surface area (Å²) in [5.41, 5.74) is -0.407. The summed E-state index contributed by atoms with van der Waals surface area (Å²) in [4.78, 5) is 0.